The lowest BCUT2D eigenvalue weighted by Gasteiger charge is -2.23. The third kappa shape index (κ3) is 6.47. The molecule has 0 saturated carbocycles. The Morgan fingerprint density at radius 3 is 1.97 bits per heavy atom. The average molecular weight is 587 g/mol. The highest BCUT2D eigenvalue weighted by atomic mass is 35.5. The van der Waals surface area contributed by atoms with Gasteiger partial charge >= 0.3 is 0 Å². The Kier molecular flexibility index (Phi) is 8.81. The van der Waals surface area contributed by atoms with Crippen molar-refractivity contribution in [3.8, 4) is 0 Å². The summed E-state index contributed by atoms with van der Waals surface area (Å²) in [6.45, 7) is -0.824. The van der Waals surface area contributed by atoms with Crippen LogP contribution in [0.15, 0.2) is 59.5 Å². The smallest absolute Gasteiger partial charge is 0.243 e. The Morgan fingerprint density at radius 2 is 1.36 bits per heavy atom. The van der Waals surface area contributed by atoms with Gasteiger partial charge in [0.2, 0.25) is 15.9 Å². The quantitative estimate of drug-likeness (QED) is 0.293. The highest BCUT2D eigenvalue weighted by Crippen LogP contribution is 2.33. The molecule has 1 N–H and O–H groups in total. The molecular weight excluding hydrogens is 573 g/mol. The number of rotatable bonds is 7. The second-order valence-corrected chi connectivity index (χ2v) is 11.1. The Labute approximate surface area is 221 Å². The number of nitrogens with zero attached hydrogens (tertiary/aromatic N) is 1. The van der Waals surface area contributed by atoms with Crippen LogP contribution in [0.3, 0.4) is 0 Å². The van der Waals surface area contributed by atoms with Crippen LogP contribution in [0.2, 0.25) is 30.1 Å². The second-order valence-electron chi connectivity index (χ2n) is 6.72. The molecule has 0 saturated heterocycles. The Balaban J connectivity index is 1.95. The van der Waals surface area contributed by atoms with Gasteiger partial charge in [0.05, 0.1) is 32.2 Å². The van der Waals surface area contributed by atoms with Gasteiger partial charge in [-0.15, -0.1) is 0 Å². The minimum Gasteiger partial charge on any atom is -0.324 e. The van der Waals surface area contributed by atoms with Gasteiger partial charge in [-0.05, 0) is 48.5 Å². The fourth-order valence-corrected chi connectivity index (χ4v) is 5.41. The lowest BCUT2D eigenvalue weighted by atomic mass is 10.2. The maximum absolute atomic E-state index is 13.4. The molecule has 0 aromatic heterocycles. The summed E-state index contributed by atoms with van der Waals surface area (Å²) in [5.74, 6) is -0.670. The predicted molar refractivity (Wildman–Crippen MR) is 136 cm³/mol. The van der Waals surface area contributed by atoms with E-state index < -0.39 is 22.5 Å². The first kappa shape index (κ1) is 26.4. The molecule has 3 aromatic carbocycles. The van der Waals surface area contributed by atoms with Gasteiger partial charge in [-0.25, -0.2) is 8.42 Å². The minimum atomic E-state index is -4.15. The molecule has 0 bridgehead atoms. The summed E-state index contributed by atoms with van der Waals surface area (Å²) in [6, 6.07) is 13.1. The van der Waals surface area contributed by atoms with Gasteiger partial charge in [0.25, 0.3) is 0 Å². The number of sulfonamides is 1. The molecule has 0 aliphatic rings. The van der Waals surface area contributed by atoms with E-state index in [0.717, 1.165) is 4.31 Å². The first-order valence-corrected chi connectivity index (χ1v) is 12.8. The summed E-state index contributed by atoms with van der Waals surface area (Å²) < 4.78 is 27.7. The van der Waals surface area contributed by atoms with Crippen molar-refractivity contribution in [3.05, 3.63) is 90.3 Å². The summed E-state index contributed by atoms with van der Waals surface area (Å²) in [7, 11) is -4.15. The lowest BCUT2D eigenvalue weighted by molar-refractivity contribution is -0.116. The average Bonchev–Trinajstić information content (AvgIpc) is 2.74. The van der Waals surface area contributed by atoms with E-state index in [2.05, 4.69) is 5.32 Å². The van der Waals surface area contributed by atoms with Gasteiger partial charge in [-0.1, -0.05) is 75.7 Å². The summed E-state index contributed by atoms with van der Waals surface area (Å²) >= 11 is 36.4. The van der Waals surface area contributed by atoms with Gasteiger partial charge in [0, 0.05) is 27.2 Å². The van der Waals surface area contributed by atoms with Gasteiger partial charge in [0.15, 0.2) is 0 Å². The van der Waals surface area contributed by atoms with Crippen LogP contribution >= 0.6 is 69.6 Å². The SMILES string of the molecule is O=C(CN(Cc1c(Cl)cccc1Cl)S(=O)(=O)c1ccc(Cl)cc1)Nc1cc(Cl)c(Cl)cc1Cl. The molecule has 0 fully saturated rings. The molecule has 0 heterocycles. The van der Waals surface area contributed by atoms with Crippen LogP contribution < -0.4 is 5.32 Å². The number of benzene rings is 3. The molecule has 0 radical (unpaired) electrons. The Morgan fingerprint density at radius 1 is 0.788 bits per heavy atom. The van der Waals surface area contributed by atoms with Crippen molar-refractivity contribution in [2.24, 2.45) is 0 Å². The fraction of sp³-hybridized carbons (Fsp3) is 0.0952. The van der Waals surface area contributed by atoms with E-state index in [1.807, 2.05) is 0 Å². The summed E-state index contributed by atoms with van der Waals surface area (Å²) in [4.78, 5) is 12.8. The van der Waals surface area contributed by atoms with E-state index in [0.29, 0.717) is 10.6 Å². The third-order valence-corrected chi connectivity index (χ3v) is 8.25. The van der Waals surface area contributed by atoms with Crippen LogP contribution in [0.4, 0.5) is 5.69 Å². The molecule has 0 aliphatic heterocycles. The van der Waals surface area contributed by atoms with Crippen molar-refractivity contribution in [1.82, 2.24) is 4.31 Å². The molecular formula is C21H14Cl6N2O3S. The topological polar surface area (TPSA) is 66.5 Å². The second kappa shape index (κ2) is 11.0. The monoisotopic (exact) mass is 584 g/mol. The van der Waals surface area contributed by atoms with Gasteiger partial charge in [0.1, 0.15) is 0 Å². The van der Waals surface area contributed by atoms with Crippen molar-refractivity contribution in [3.63, 3.8) is 0 Å². The molecule has 0 spiro atoms. The molecule has 0 atom stereocenters. The molecule has 0 aliphatic carbocycles. The number of carbonyl (C=O) groups is 1. The van der Waals surface area contributed by atoms with E-state index in [4.69, 9.17) is 69.6 Å². The van der Waals surface area contributed by atoms with Crippen molar-refractivity contribution in [1.29, 1.82) is 0 Å². The molecule has 12 heteroatoms. The van der Waals surface area contributed by atoms with E-state index in [-0.39, 0.29) is 42.2 Å². The number of carbonyl (C=O) groups excluding carboxylic acids is 1. The molecule has 1 amide bonds. The number of amides is 1. The largest absolute Gasteiger partial charge is 0.324 e. The van der Waals surface area contributed by atoms with Crippen LogP contribution in [-0.4, -0.2) is 25.2 Å². The lowest BCUT2D eigenvalue weighted by Crippen LogP contribution is -2.37. The zero-order valence-corrected chi connectivity index (χ0v) is 21.8. The van der Waals surface area contributed by atoms with E-state index in [1.165, 1.54) is 36.4 Å². The van der Waals surface area contributed by atoms with Crippen molar-refractivity contribution >= 4 is 91.2 Å². The van der Waals surface area contributed by atoms with Crippen molar-refractivity contribution < 1.29 is 13.2 Å². The first-order valence-electron chi connectivity index (χ1n) is 9.12. The highest BCUT2D eigenvalue weighted by molar-refractivity contribution is 7.89. The molecule has 33 heavy (non-hydrogen) atoms. The zero-order valence-electron chi connectivity index (χ0n) is 16.5. The van der Waals surface area contributed by atoms with Crippen LogP contribution in [-0.2, 0) is 21.4 Å². The Bertz CT molecular complexity index is 1280. The normalized spacial score (nSPS) is 11.6. The number of halogens is 6. The third-order valence-electron chi connectivity index (χ3n) is 4.45. The number of nitrogens with one attached hydrogen (secondary N) is 1. The molecule has 5 nitrogen and oxygen atoms in total. The van der Waals surface area contributed by atoms with Crippen molar-refractivity contribution in [2.45, 2.75) is 11.4 Å². The van der Waals surface area contributed by atoms with Gasteiger partial charge < -0.3 is 5.32 Å². The first-order chi connectivity index (χ1) is 15.5. The fourth-order valence-electron chi connectivity index (χ4n) is 2.81. The van der Waals surface area contributed by atoms with Crippen LogP contribution in [0.25, 0.3) is 0 Å². The van der Waals surface area contributed by atoms with Gasteiger partial charge in [-0.3, -0.25) is 4.79 Å². The van der Waals surface area contributed by atoms with Crippen molar-refractivity contribution in [2.75, 3.05) is 11.9 Å². The molecule has 3 aromatic rings. The summed E-state index contributed by atoms with van der Waals surface area (Å²) in [6.07, 6.45) is 0. The Hall–Kier alpha value is -1.22. The van der Waals surface area contributed by atoms with Crippen LogP contribution in [0.1, 0.15) is 5.56 Å². The maximum Gasteiger partial charge on any atom is 0.243 e. The summed E-state index contributed by atoms with van der Waals surface area (Å²) in [5, 5.41) is 3.94. The standard InChI is InChI=1S/C21H14Cl6N2O3S/c22-12-4-6-13(7-5-12)33(31,32)29(10-14-15(23)2-1-3-16(14)24)11-21(30)28-20-9-18(26)17(25)8-19(20)27/h1-9H,10-11H2,(H,28,30). The van der Waals surface area contributed by atoms with Crippen LogP contribution in [0, 0.1) is 0 Å². The van der Waals surface area contributed by atoms with E-state index >= 15 is 0 Å². The minimum absolute atomic E-state index is 0.0598. The predicted octanol–water partition coefficient (Wildman–Crippen LogP) is 7.44. The molecule has 3 rings (SSSR count). The highest BCUT2D eigenvalue weighted by Gasteiger charge is 2.28. The maximum atomic E-state index is 13.4. The van der Waals surface area contributed by atoms with Gasteiger partial charge in [-0.2, -0.15) is 4.31 Å². The molecule has 0 unspecified atom stereocenters. The molecule has 174 valence electrons. The van der Waals surface area contributed by atoms with Crippen LogP contribution in [0.5, 0.6) is 0 Å². The number of hydrogen-bond donors (Lipinski definition) is 1. The summed E-state index contributed by atoms with van der Waals surface area (Å²) in [5.41, 5.74) is 0.523. The number of hydrogen-bond acceptors (Lipinski definition) is 3. The van der Waals surface area contributed by atoms with E-state index in [9.17, 15) is 13.2 Å². The number of anilines is 1. The zero-order chi connectivity index (χ0) is 24.3. The van der Waals surface area contributed by atoms with E-state index in [1.54, 1.807) is 18.2 Å².